The summed E-state index contributed by atoms with van der Waals surface area (Å²) in [6.45, 7) is 2.30. The van der Waals surface area contributed by atoms with Gasteiger partial charge >= 0.3 is 0 Å². The van der Waals surface area contributed by atoms with Crippen LogP contribution in [0.3, 0.4) is 0 Å². The van der Waals surface area contributed by atoms with Crippen molar-refractivity contribution < 1.29 is 0 Å². The molecule has 1 aliphatic carbocycles. The summed E-state index contributed by atoms with van der Waals surface area (Å²) in [7, 11) is 0. The number of hydrogen-bond acceptors (Lipinski definition) is 0. The monoisotopic (exact) mass is 252 g/mol. The first-order chi connectivity index (χ1) is 4.86. The minimum absolute atomic E-state index is 1.07. The predicted molar refractivity (Wildman–Crippen MR) is 54.6 cm³/mol. The third-order valence-corrected chi connectivity index (χ3v) is 3.81. The Labute approximate surface area is 77.9 Å². The lowest BCUT2D eigenvalue weighted by molar-refractivity contribution is 0.478. The van der Waals surface area contributed by atoms with E-state index in [9.17, 15) is 0 Å². The van der Waals surface area contributed by atoms with E-state index in [2.05, 4.69) is 29.5 Å². The third kappa shape index (κ3) is 2.40. The zero-order chi connectivity index (χ0) is 7.40. The standard InChI is InChI=1S/C9H17I/c1-2-3-8-4-5-9(6-8)7-10/h8-9H,2-7H2,1H3/t8-,9+/m1/s1. The largest absolute Gasteiger partial charge is 0.0861 e. The van der Waals surface area contributed by atoms with Crippen LogP contribution in [-0.4, -0.2) is 4.43 Å². The molecule has 1 rings (SSSR count). The quantitative estimate of drug-likeness (QED) is 0.531. The molecule has 1 heteroatoms. The van der Waals surface area contributed by atoms with Gasteiger partial charge in [0.1, 0.15) is 0 Å². The summed E-state index contributed by atoms with van der Waals surface area (Å²) < 4.78 is 1.39. The normalized spacial score (nSPS) is 33.0. The second-order valence-corrected chi connectivity index (χ2v) is 4.37. The fourth-order valence-corrected chi connectivity index (χ4v) is 2.79. The Morgan fingerprint density at radius 1 is 1.30 bits per heavy atom. The van der Waals surface area contributed by atoms with Gasteiger partial charge in [0.15, 0.2) is 0 Å². The Bertz CT molecular complexity index is 90.7. The SMILES string of the molecule is CCC[C@@H]1CC[C@H](CI)C1. The molecule has 0 radical (unpaired) electrons. The molecule has 60 valence electrons. The second kappa shape index (κ2) is 4.58. The molecule has 0 heterocycles. The van der Waals surface area contributed by atoms with Gasteiger partial charge in [0.05, 0.1) is 0 Å². The molecule has 0 N–H and O–H groups in total. The van der Waals surface area contributed by atoms with E-state index < -0.39 is 0 Å². The highest BCUT2D eigenvalue weighted by molar-refractivity contribution is 14.1. The highest BCUT2D eigenvalue weighted by Crippen LogP contribution is 2.34. The van der Waals surface area contributed by atoms with E-state index in [4.69, 9.17) is 0 Å². The fourth-order valence-electron chi connectivity index (χ4n) is 1.99. The van der Waals surface area contributed by atoms with E-state index in [1.807, 2.05) is 0 Å². The first-order valence-corrected chi connectivity index (χ1v) is 5.95. The molecule has 2 atom stereocenters. The van der Waals surface area contributed by atoms with Gasteiger partial charge in [-0.25, -0.2) is 0 Å². The van der Waals surface area contributed by atoms with Crippen LogP contribution in [0.4, 0.5) is 0 Å². The lowest BCUT2D eigenvalue weighted by Crippen LogP contribution is -1.96. The molecule has 10 heavy (non-hydrogen) atoms. The third-order valence-electron chi connectivity index (χ3n) is 2.56. The Balaban J connectivity index is 2.15. The van der Waals surface area contributed by atoms with Crippen molar-refractivity contribution in [3.8, 4) is 0 Å². The number of alkyl halides is 1. The predicted octanol–water partition coefficient (Wildman–Crippen LogP) is 3.64. The molecule has 1 fully saturated rings. The van der Waals surface area contributed by atoms with Crippen molar-refractivity contribution in [1.29, 1.82) is 0 Å². The van der Waals surface area contributed by atoms with Crippen LogP contribution >= 0.6 is 22.6 Å². The average molecular weight is 252 g/mol. The summed E-state index contributed by atoms with van der Waals surface area (Å²) >= 11 is 2.53. The molecule has 0 unspecified atom stereocenters. The molecule has 0 aromatic carbocycles. The van der Waals surface area contributed by atoms with Crippen LogP contribution in [0.2, 0.25) is 0 Å². The Morgan fingerprint density at radius 2 is 2.00 bits per heavy atom. The summed E-state index contributed by atoms with van der Waals surface area (Å²) in [4.78, 5) is 0. The van der Waals surface area contributed by atoms with Gasteiger partial charge in [0.2, 0.25) is 0 Å². The Kier molecular flexibility index (Phi) is 4.04. The molecule has 0 amide bonds. The van der Waals surface area contributed by atoms with E-state index in [-0.39, 0.29) is 0 Å². The van der Waals surface area contributed by atoms with E-state index in [1.165, 1.54) is 36.5 Å². The minimum Gasteiger partial charge on any atom is -0.0861 e. The summed E-state index contributed by atoms with van der Waals surface area (Å²) in [6, 6.07) is 0. The smallest absolute Gasteiger partial charge is 0.00238 e. The highest BCUT2D eigenvalue weighted by Gasteiger charge is 2.22. The molecule has 0 bridgehead atoms. The summed E-state index contributed by atoms with van der Waals surface area (Å²) in [5.74, 6) is 2.15. The van der Waals surface area contributed by atoms with E-state index in [0.717, 1.165) is 11.8 Å². The molecular weight excluding hydrogens is 235 g/mol. The van der Waals surface area contributed by atoms with Gasteiger partial charge in [0.25, 0.3) is 0 Å². The Hall–Kier alpha value is 0.730. The zero-order valence-electron chi connectivity index (χ0n) is 6.78. The molecule has 0 spiro atoms. The van der Waals surface area contributed by atoms with Gasteiger partial charge in [0, 0.05) is 4.43 Å². The average Bonchev–Trinajstić information content (AvgIpc) is 2.37. The minimum atomic E-state index is 1.07. The topological polar surface area (TPSA) is 0 Å². The van der Waals surface area contributed by atoms with Gasteiger partial charge in [-0.3, -0.25) is 0 Å². The summed E-state index contributed by atoms with van der Waals surface area (Å²) in [5, 5.41) is 0. The van der Waals surface area contributed by atoms with E-state index in [0.29, 0.717) is 0 Å². The zero-order valence-corrected chi connectivity index (χ0v) is 8.93. The van der Waals surface area contributed by atoms with Crippen LogP contribution in [-0.2, 0) is 0 Å². The number of halogens is 1. The molecule has 1 aliphatic rings. The maximum atomic E-state index is 2.53. The van der Waals surface area contributed by atoms with Crippen molar-refractivity contribution in [2.24, 2.45) is 11.8 Å². The van der Waals surface area contributed by atoms with Crippen LogP contribution < -0.4 is 0 Å². The fraction of sp³-hybridized carbons (Fsp3) is 1.00. The van der Waals surface area contributed by atoms with Gasteiger partial charge in [-0.2, -0.15) is 0 Å². The van der Waals surface area contributed by atoms with Gasteiger partial charge in [-0.15, -0.1) is 0 Å². The second-order valence-electron chi connectivity index (χ2n) is 3.49. The van der Waals surface area contributed by atoms with Gasteiger partial charge in [-0.05, 0) is 24.7 Å². The van der Waals surface area contributed by atoms with Crippen molar-refractivity contribution in [3.05, 3.63) is 0 Å². The number of hydrogen-bond donors (Lipinski definition) is 0. The van der Waals surface area contributed by atoms with Gasteiger partial charge in [-0.1, -0.05) is 48.8 Å². The maximum absolute atomic E-state index is 2.53. The lowest BCUT2D eigenvalue weighted by Gasteiger charge is -2.06. The lowest BCUT2D eigenvalue weighted by atomic mass is 10.0. The summed E-state index contributed by atoms with van der Waals surface area (Å²) in [6.07, 6.45) is 7.41. The van der Waals surface area contributed by atoms with Crippen molar-refractivity contribution >= 4 is 22.6 Å². The van der Waals surface area contributed by atoms with Crippen molar-refractivity contribution in [1.82, 2.24) is 0 Å². The van der Waals surface area contributed by atoms with Crippen LogP contribution in [0.1, 0.15) is 39.0 Å². The molecule has 0 aromatic heterocycles. The van der Waals surface area contributed by atoms with Crippen molar-refractivity contribution in [3.63, 3.8) is 0 Å². The molecule has 0 nitrogen and oxygen atoms in total. The van der Waals surface area contributed by atoms with Gasteiger partial charge < -0.3 is 0 Å². The van der Waals surface area contributed by atoms with Crippen molar-refractivity contribution in [2.75, 3.05) is 4.43 Å². The first kappa shape index (κ1) is 8.82. The molecular formula is C9H17I. The van der Waals surface area contributed by atoms with Crippen LogP contribution in [0.15, 0.2) is 0 Å². The van der Waals surface area contributed by atoms with E-state index in [1.54, 1.807) is 0 Å². The highest BCUT2D eigenvalue weighted by atomic mass is 127. The van der Waals surface area contributed by atoms with E-state index >= 15 is 0 Å². The first-order valence-electron chi connectivity index (χ1n) is 4.42. The molecule has 0 aliphatic heterocycles. The Morgan fingerprint density at radius 3 is 2.50 bits per heavy atom. The van der Waals surface area contributed by atoms with Crippen LogP contribution in [0, 0.1) is 11.8 Å². The molecule has 1 saturated carbocycles. The molecule has 0 saturated heterocycles. The van der Waals surface area contributed by atoms with Crippen molar-refractivity contribution in [2.45, 2.75) is 39.0 Å². The van der Waals surface area contributed by atoms with Crippen LogP contribution in [0.25, 0.3) is 0 Å². The molecule has 0 aromatic rings. The number of rotatable bonds is 3. The van der Waals surface area contributed by atoms with Crippen LogP contribution in [0.5, 0.6) is 0 Å². The maximum Gasteiger partial charge on any atom is 0.00238 e. The summed E-state index contributed by atoms with van der Waals surface area (Å²) in [5.41, 5.74) is 0.